The SMILES string of the molecule is Cc1cc(I)ccc1NC(=O)/C(C#N)=C\Nc1ccc(Cl)c([N+](=O)[O-])c1. The number of carbonyl (C=O) groups excluding carboxylic acids is 1. The van der Waals surface area contributed by atoms with Crippen molar-refractivity contribution in [3.8, 4) is 6.07 Å². The number of rotatable bonds is 5. The van der Waals surface area contributed by atoms with E-state index in [4.69, 9.17) is 11.6 Å². The van der Waals surface area contributed by atoms with Crippen LogP contribution in [0.3, 0.4) is 0 Å². The van der Waals surface area contributed by atoms with Gasteiger partial charge < -0.3 is 10.6 Å². The van der Waals surface area contributed by atoms with Crippen molar-refractivity contribution in [1.82, 2.24) is 0 Å². The Bertz CT molecular complexity index is 954. The Morgan fingerprint density at radius 3 is 2.69 bits per heavy atom. The summed E-state index contributed by atoms with van der Waals surface area (Å²) in [6, 6.07) is 11.4. The Morgan fingerprint density at radius 2 is 2.08 bits per heavy atom. The van der Waals surface area contributed by atoms with Gasteiger partial charge in [-0.25, -0.2) is 0 Å². The van der Waals surface area contributed by atoms with Crippen LogP contribution < -0.4 is 10.6 Å². The van der Waals surface area contributed by atoms with Crippen LogP contribution in [0.4, 0.5) is 17.1 Å². The van der Waals surface area contributed by atoms with Gasteiger partial charge in [-0.1, -0.05) is 11.6 Å². The lowest BCUT2D eigenvalue weighted by molar-refractivity contribution is -0.384. The number of nitro groups is 1. The molecular weight excluding hydrogens is 471 g/mol. The molecule has 132 valence electrons. The maximum absolute atomic E-state index is 12.3. The van der Waals surface area contributed by atoms with Crippen molar-refractivity contribution in [2.45, 2.75) is 6.92 Å². The van der Waals surface area contributed by atoms with Crippen molar-refractivity contribution in [2.75, 3.05) is 10.6 Å². The van der Waals surface area contributed by atoms with Gasteiger partial charge in [-0.3, -0.25) is 14.9 Å². The normalized spacial score (nSPS) is 10.8. The van der Waals surface area contributed by atoms with E-state index in [0.717, 1.165) is 9.13 Å². The molecule has 0 heterocycles. The Morgan fingerprint density at radius 1 is 1.35 bits per heavy atom. The highest BCUT2D eigenvalue weighted by Crippen LogP contribution is 2.27. The molecule has 0 saturated heterocycles. The molecule has 7 nitrogen and oxygen atoms in total. The molecule has 0 saturated carbocycles. The van der Waals surface area contributed by atoms with Gasteiger partial charge >= 0.3 is 0 Å². The van der Waals surface area contributed by atoms with Crippen LogP contribution in [0.25, 0.3) is 0 Å². The molecule has 0 bridgehead atoms. The third kappa shape index (κ3) is 4.93. The summed E-state index contributed by atoms with van der Waals surface area (Å²) in [5, 5.41) is 25.5. The first kappa shape index (κ1) is 19.7. The number of nitriles is 1. The highest BCUT2D eigenvalue weighted by Gasteiger charge is 2.14. The molecular formula is C17H12ClIN4O3. The van der Waals surface area contributed by atoms with Gasteiger partial charge in [0.05, 0.1) is 4.92 Å². The van der Waals surface area contributed by atoms with Gasteiger partial charge in [0.2, 0.25) is 0 Å². The summed E-state index contributed by atoms with van der Waals surface area (Å²) < 4.78 is 1.03. The van der Waals surface area contributed by atoms with Gasteiger partial charge in [0.25, 0.3) is 11.6 Å². The Kier molecular flexibility index (Phi) is 6.54. The number of aryl methyl sites for hydroxylation is 1. The monoisotopic (exact) mass is 482 g/mol. The van der Waals surface area contributed by atoms with Gasteiger partial charge in [0, 0.05) is 27.2 Å². The van der Waals surface area contributed by atoms with E-state index in [9.17, 15) is 20.2 Å². The van der Waals surface area contributed by atoms with E-state index >= 15 is 0 Å². The number of benzene rings is 2. The minimum absolute atomic E-state index is 0.00281. The maximum atomic E-state index is 12.3. The lowest BCUT2D eigenvalue weighted by Crippen LogP contribution is -2.15. The second-order valence-electron chi connectivity index (χ2n) is 5.15. The topological polar surface area (TPSA) is 108 Å². The fourth-order valence-corrected chi connectivity index (χ4v) is 2.84. The van der Waals surface area contributed by atoms with Crippen molar-refractivity contribution in [2.24, 2.45) is 0 Å². The Labute approximate surface area is 167 Å². The summed E-state index contributed by atoms with van der Waals surface area (Å²) in [7, 11) is 0. The van der Waals surface area contributed by atoms with Crippen LogP contribution in [0.2, 0.25) is 5.02 Å². The zero-order valence-corrected chi connectivity index (χ0v) is 16.3. The number of nitrogens with zero attached hydrogens (tertiary/aromatic N) is 2. The quantitative estimate of drug-likeness (QED) is 0.213. The van der Waals surface area contributed by atoms with E-state index in [1.165, 1.54) is 24.4 Å². The fourth-order valence-electron chi connectivity index (χ4n) is 2.00. The average molecular weight is 483 g/mol. The smallest absolute Gasteiger partial charge is 0.289 e. The molecule has 9 heteroatoms. The average Bonchev–Trinajstić information content (AvgIpc) is 2.59. The molecule has 0 aliphatic rings. The third-order valence-corrected chi connectivity index (χ3v) is 4.32. The van der Waals surface area contributed by atoms with E-state index < -0.39 is 10.8 Å². The highest BCUT2D eigenvalue weighted by atomic mass is 127. The van der Waals surface area contributed by atoms with Gasteiger partial charge in [0.1, 0.15) is 16.7 Å². The summed E-state index contributed by atoms with van der Waals surface area (Å²) in [5.41, 5.74) is 1.33. The first-order chi connectivity index (χ1) is 12.3. The first-order valence-corrected chi connectivity index (χ1v) is 8.65. The predicted octanol–water partition coefficient (Wildman–Crippen LogP) is 4.62. The van der Waals surface area contributed by atoms with E-state index in [1.54, 1.807) is 12.1 Å². The van der Waals surface area contributed by atoms with Crippen LogP contribution >= 0.6 is 34.2 Å². The van der Waals surface area contributed by atoms with Crippen molar-refractivity contribution in [1.29, 1.82) is 5.26 Å². The number of anilines is 2. The van der Waals surface area contributed by atoms with Crippen molar-refractivity contribution in [3.63, 3.8) is 0 Å². The number of halogens is 2. The van der Waals surface area contributed by atoms with Crippen LogP contribution in [-0.4, -0.2) is 10.8 Å². The molecule has 0 aromatic heterocycles. The number of nitro benzene ring substituents is 1. The summed E-state index contributed by atoms with van der Waals surface area (Å²) in [5.74, 6) is -0.590. The highest BCUT2D eigenvalue weighted by molar-refractivity contribution is 14.1. The number of nitrogens with one attached hydrogen (secondary N) is 2. The van der Waals surface area contributed by atoms with Gasteiger partial charge in [-0.2, -0.15) is 5.26 Å². The molecule has 0 aliphatic carbocycles. The molecule has 0 spiro atoms. The molecule has 0 fully saturated rings. The van der Waals surface area contributed by atoms with Crippen LogP contribution in [0.1, 0.15) is 5.56 Å². The molecule has 0 unspecified atom stereocenters. The lowest BCUT2D eigenvalue weighted by Gasteiger charge is -2.08. The largest absolute Gasteiger partial charge is 0.360 e. The van der Waals surface area contributed by atoms with Crippen LogP contribution in [0.5, 0.6) is 0 Å². The maximum Gasteiger partial charge on any atom is 0.289 e. The summed E-state index contributed by atoms with van der Waals surface area (Å²) in [6.07, 6.45) is 1.18. The number of hydrogen-bond donors (Lipinski definition) is 2. The van der Waals surface area contributed by atoms with Crippen molar-refractivity contribution in [3.05, 3.63) is 72.4 Å². The molecule has 0 atom stereocenters. The minimum atomic E-state index is -0.616. The number of carbonyl (C=O) groups is 1. The zero-order valence-electron chi connectivity index (χ0n) is 13.4. The molecule has 0 aliphatic heterocycles. The van der Waals surface area contributed by atoms with Gasteiger partial charge in [-0.15, -0.1) is 0 Å². The van der Waals surface area contributed by atoms with E-state index in [-0.39, 0.29) is 16.3 Å². The van der Waals surface area contributed by atoms with E-state index in [2.05, 4.69) is 33.2 Å². The van der Waals surface area contributed by atoms with Crippen molar-refractivity contribution >= 4 is 57.2 Å². The van der Waals surface area contributed by atoms with Crippen molar-refractivity contribution < 1.29 is 9.72 Å². The van der Waals surface area contributed by atoms with Crippen LogP contribution in [0, 0.1) is 31.9 Å². The summed E-state index contributed by atoms with van der Waals surface area (Å²) in [6.45, 7) is 1.85. The molecule has 2 aromatic rings. The molecule has 26 heavy (non-hydrogen) atoms. The van der Waals surface area contributed by atoms with E-state index in [1.807, 2.05) is 19.1 Å². The van der Waals surface area contributed by atoms with Gasteiger partial charge in [0.15, 0.2) is 0 Å². The number of amides is 1. The first-order valence-electron chi connectivity index (χ1n) is 7.20. The molecule has 0 radical (unpaired) electrons. The Balaban J connectivity index is 2.17. The number of hydrogen-bond acceptors (Lipinski definition) is 5. The second kappa shape index (κ2) is 8.64. The predicted molar refractivity (Wildman–Crippen MR) is 108 cm³/mol. The fraction of sp³-hybridized carbons (Fsp3) is 0.0588. The standard InChI is InChI=1S/C17H12ClIN4O3/c1-10-6-12(19)2-5-15(10)22-17(24)11(8-20)9-21-13-3-4-14(18)16(7-13)23(25)26/h2-7,9,21H,1H3,(H,22,24)/b11-9-. The van der Waals surface area contributed by atoms with Gasteiger partial charge in [-0.05, 0) is 65.4 Å². The minimum Gasteiger partial charge on any atom is -0.360 e. The molecule has 2 rings (SSSR count). The van der Waals surface area contributed by atoms with Crippen LogP contribution in [-0.2, 0) is 4.79 Å². The molecule has 2 N–H and O–H groups in total. The second-order valence-corrected chi connectivity index (χ2v) is 6.80. The third-order valence-electron chi connectivity index (χ3n) is 3.33. The van der Waals surface area contributed by atoms with Crippen LogP contribution in [0.15, 0.2) is 48.2 Å². The summed E-state index contributed by atoms with van der Waals surface area (Å²) in [4.78, 5) is 22.5. The molecule has 1 amide bonds. The zero-order chi connectivity index (χ0) is 19.3. The Hall–Kier alpha value is -2.64. The lowest BCUT2D eigenvalue weighted by atomic mass is 10.2. The molecule has 2 aromatic carbocycles. The summed E-state index contributed by atoms with van der Waals surface area (Å²) >= 11 is 7.91. The van der Waals surface area contributed by atoms with E-state index in [0.29, 0.717) is 11.4 Å².